The third kappa shape index (κ3) is 3.48. The summed E-state index contributed by atoms with van der Waals surface area (Å²) in [5, 5.41) is 18.2. The molecule has 0 amide bonds. The zero-order valence-electron chi connectivity index (χ0n) is 12.6. The van der Waals surface area contributed by atoms with Crippen molar-refractivity contribution in [2.45, 2.75) is 38.5 Å². The summed E-state index contributed by atoms with van der Waals surface area (Å²) in [6.07, 6.45) is 3.65. The molecule has 2 rings (SSSR count). The molecule has 120 valence electrons. The normalized spacial score (nSPS) is 15.5. The lowest BCUT2D eigenvalue weighted by Gasteiger charge is -2.35. The van der Waals surface area contributed by atoms with Crippen molar-refractivity contribution in [2.75, 3.05) is 6.54 Å². The van der Waals surface area contributed by atoms with Crippen molar-refractivity contribution in [3.8, 4) is 0 Å². The van der Waals surface area contributed by atoms with Crippen LogP contribution in [0, 0.1) is 11.6 Å². The van der Waals surface area contributed by atoms with Gasteiger partial charge >= 0.3 is 0 Å². The first-order valence-electron chi connectivity index (χ1n) is 7.21. The van der Waals surface area contributed by atoms with Crippen LogP contribution in [0.5, 0.6) is 0 Å². The highest BCUT2D eigenvalue weighted by molar-refractivity contribution is 5.27. The first-order valence-corrected chi connectivity index (χ1v) is 7.21. The molecule has 1 heterocycles. The number of hydrogen-bond donors (Lipinski definition) is 2. The summed E-state index contributed by atoms with van der Waals surface area (Å²) in [6.45, 7) is 4.43. The van der Waals surface area contributed by atoms with Crippen LogP contribution in [0.2, 0.25) is 0 Å². The monoisotopic (exact) mass is 310 g/mol. The van der Waals surface area contributed by atoms with E-state index in [1.165, 1.54) is 23.4 Å². The second kappa shape index (κ2) is 6.93. The minimum Gasteiger partial charge on any atom is -0.381 e. The molecule has 5 nitrogen and oxygen atoms in total. The molecule has 0 aliphatic carbocycles. The van der Waals surface area contributed by atoms with E-state index in [4.69, 9.17) is 0 Å². The lowest BCUT2D eigenvalue weighted by molar-refractivity contribution is -0.0199. The average molecular weight is 310 g/mol. The maximum Gasteiger partial charge on any atom is 0.137 e. The second-order valence-electron chi connectivity index (χ2n) is 5.32. The van der Waals surface area contributed by atoms with Crippen LogP contribution in [0.1, 0.15) is 25.8 Å². The van der Waals surface area contributed by atoms with E-state index >= 15 is 0 Å². The molecular weight excluding hydrogens is 290 g/mol. The van der Waals surface area contributed by atoms with Crippen molar-refractivity contribution >= 4 is 0 Å². The average Bonchev–Trinajstić information content (AvgIpc) is 2.97. The minimum absolute atomic E-state index is 0.00737. The molecule has 0 fully saturated rings. The van der Waals surface area contributed by atoms with Gasteiger partial charge in [0.15, 0.2) is 0 Å². The third-order valence-corrected chi connectivity index (χ3v) is 3.68. The van der Waals surface area contributed by atoms with Crippen molar-refractivity contribution in [3.05, 3.63) is 48.1 Å². The molecule has 1 aromatic carbocycles. The Kier molecular flexibility index (Phi) is 5.20. The Morgan fingerprint density at radius 2 is 2.18 bits per heavy atom. The van der Waals surface area contributed by atoms with Gasteiger partial charge in [-0.2, -0.15) is 5.10 Å². The van der Waals surface area contributed by atoms with Crippen LogP contribution in [-0.2, 0) is 12.1 Å². The van der Waals surface area contributed by atoms with E-state index < -0.39 is 23.3 Å². The summed E-state index contributed by atoms with van der Waals surface area (Å²) in [5.74, 6) is -1.47. The number of aromatic nitrogens is 3. The van der Waals surface area contributed by atoms with Crippen molar-refractivity contribution in [1.82, 2.24) is 20.1 Å². The quantitative estimate of drug-likeness (QED) is 0.819. The Bertz CT molecular complexity index is 606. The van der Waals surface area contributed by atoms with Crippen LogP contribution in [0.15, 0.2) is 30.9 Å². The highest BCUT2D eigenvalue weighted by Gasteiger charge is 2.38. The topological polar surface area (TPSA) is 63.0 Å². The van der Waals surface area contributed by atoms with Crippen molar-refractivity contribution in [3.63, 3.8) is 0 Å². The van der Waals surface area contributed by atoms with Gasteiger partial charge in [-0.05, 0) is 26.0 Å². The summed E-state index contributed by atoms with van der Waals surface area (Å²) in [7, 11) is 0. The zero-order chi connectivity index (χ0) is 16.2. The number of halogens is 2. The number of rotatable bonds is 7. The molecule has 0 bridgehead atoms. The molecule has 0 aliphatic rings. The van der Waals surface area contributed by atoms with E-state index in [-0.39, 0.29) is 12.1 Å². The molecule has 0 unspecified atom stereocenters. The van der Waals surface area contributed by atoms with Gasteiger partial charge in [0.05, 0.1) is 6.54 Å². The summed E-state index contributed by atoms with van der Waals surface area (Å²) < 4.78 is 28.8. The van der Waals surface area contributed by atoms with Gasteiger partial charge in [0.25, 0.3) is 0 Å². The number of aliphatic hydroxyl groups is 1. The van der Waals surface area contributed by atoms with Gasteiger partial charge in [-0.25, -0.2) is 18.4 Å². The Hall–Kier alpha value is -1.86. The van der Waals surface area contributed by atoms with E-state index in [0.717, 1.165) is 18.6 Å². The fourth-order valence-electron chi connectivity index (χ4n) is 2.39. The Labute approximate surface area is 128 Å². The highest BCUT2D eigenvalue weighted by atomic mass is 19.1. The first-order chi connectivity index (χ1) is 10.5. The van der Waals surface area contributed by atoms with Crippen LogP contribution < -0.4 is 5.32 Å². The molecule has 22 heavy (non-hydrogen) atoms. The molecule has 1 aromatic heterocycles. The molecule has 2 atom stereocenters. The van der Waals surface area contributed by atoms with Crippen molar-refractivity contribution in [1.29, 1.82) is 0 Å². The molecule has 0 aliphatic heterocycles. The summed E-state index contributed by atoms with van der Waals surface area (Å²) in [5.41, 5.74) is -1.55. The number of nitrogens with zero attached hydrogens (tertiary/aromatic N) is 3. The van der Waals surface area contributed by atoms with Crippen LogP contribution >= 0.6 is 0 Å². The van der Waals surface area contributed by atoms with Crippen molar-refractivity contribution in [2.24, 2.45) is 0 Å². The molecule has 2 aromatic rings. The van der Waals surface area contributed by atoms with Gasteiger partial charge in [-0.15, -0.1) is 0 Å². The molecular formula is C15H20F2N4O. The minimum atomic E-state index is -1.58. The Morgan fingerprint density at radius 3 is 2.77 bits per heavy atom. The lowest BCUT2D eigenvalue weighted by atomic mass is 9.86. The van der Waals surface area contributed by atoms with Gasteiger partial charge in [-0.1, -0.05) is 13.0 Å². The van der Waals surface area contributed by atoms with Gasteiger partial charge in [0, 0.05) is 17.7 Å². The van der Waals surface area contributed by atoms with Crippen LogP contribution in [-0.4, -0.2) is 32.5 Å². The second-order valence-corrected chi connectivity index (χ2v) is 5.32. The fraction of sp³-hybridized carbons (Fsp3) is 0.467. The van der Waals surface area contributed by atoms with Gasteiger partial charge in [-0.3, -0.25) is 0 Å². The number of nitrogens with one attached hydrogen (secondary N) is 1. The van der Waals surface area contributed by atoms with Crippen LogP contribution in [0.3, 0.4) is 0 Å². The molecule has 0 spiro atoms. The highest BCUT2D eigenvalue weighted by Crippen LogP contribution is 2.30. The molecule has 0 saturated heterocycles. The number of hydrogen-bond acceptors (Lipinski definition) is 4. The Balaban J connectivity index is 2.39. The van der Waals surface area contributed by atoms with Gasteiger partial charge in [0.1, 0.15) is 29.9 Å². The number of benzene rings is 1. The largest absolute Gasteiger partial charge is 0.381 e. The van der Waals surface area contributed by atoms with Gasteiger partial charge in [0.2, 0.25) is 0 Å². The first kappa shape index (κ1) is 16.5. The predicted molar refractivity (Wildman–Crippen MR) is 78.0 cm³/mol. The van der Waals surface area contributed by atoms with E-state index in [2.05, 4.69) is 15.4 Å². The van der Waals surface area contributed by atoms with Crippen LogP contribution in [0.4, 0.5) is 8.78 Å². The predicted octanol–water partition coefficient (Wildman–Crippen LogP) is 1.83. The molecule has 0 radical (unpaired) electrons. The van der Waals surface area contributed by atoms with E-state index in [0.29, 0.717) is 6.54 Å². The summed E-state index contributed by atoms with van der Waals surface area (Å²) in [4.78, 5) is 3.82. The van der Waals surface area contributed by atoms with Gasteiger partial charge < -0.3 is 10.4 Å². The van der Waals surface area contributed by atoms with Crippen molar-refractivity contribution < 1.29 is 13.9 Å². The smallest absolute Gasteiger partial charge is 0.137 e. The standard InChI is InChI=1S/C15H20F2N4O/c1-3-6-19-11(2)15(22,8-21-10-18-9-20-21)13-5-4-12(16)7-14(13)17/h4-5,7,9-11,19,22H,3,6,8H2,1-2H3/t11-,15-/m1/s1. The summed E-state index contributed by atoms with van der Waals surface area (Å²) >= 11 is 0. The molecule has 7 heteroatoms. The lowest BCUT2D eigenvalue weighted by Crippen LogP contribution is -2.50. The third-order valence-electron chi connectivity index (χ3n) is 3.68. The van der Waals surface area contributed by atoms with E-state index in [1.807, 2.05) is 6.92 Å². The SMILES string of the molecule is CCCN[C@H](C)[C@](O)(Cn1cncn1)c1ccc(F)cc1F. The fourth-order valence-corrected chi connectivity index (χ4v) is 2.39. The molecule has 0 saturated carbocycles. The maximum absolute atomic E-state index is 14.2. The molecule has 2 N–H and O–H groups in total. The van der Waals surface area contributed by atoms with E-state index in [1.54, 1.807) is 6.92 Å². The zero-order valence-corrected chi connectivity index (χ0v) is 12.6. The Morgan fingerprint density at radius 1 is 1.41 bits per heavy atom. The van der Waals surface area contributed by atoms with E-state index in [9.17, 15) is 13.9 Å². The summed E-state index contributed by atoms with van der Waals surface area (Å²) in [6, 6.07) is 2.72. The maximum atomic E-state index is 14.2. The van der Waals surface area contributed by atoms with Crippen LogP contribution in [0.25, 0.3) is 0 Å².